The molecule has 5 rings (SSSR count). The average Bonchev–Trinajstić information content (AvgIpc) is 3.42. The summed E-state index contributed by atoms with van der Waals surface area (Å²) < 4.78 is 50.0. The first kappa shape index (κ1) is 21.3. The van der Waals surface area contributed by atoms with Gasteiger partial charge in [0.05, 0.1) is 35.2 Å². The predicted molar refractivity (Wildman–Crippen MR) is 110 cm³/mol. The third kappa shape index (κ3) is 3.28. The first-order chi connectivity index (χ1) is 15.2. The van der Waals surface area contributed by atoms with Crippen LogP contribution in [0.2, 0.25) is 5.02 Å². The van der Waals surface area contributed by atoms with Crippen molar-refractivity contribution in [2.24, 2.45) is 11.8 Å². The number of aliphatic hydroxyl groups is 1. The van der Waals surface area contributed by atoms with Crippen molar-refractivity contribution in [1.29, 1.82) is 0 Å². The van der Waals surface area contributed by atoms with Gasteiger partial charge in [-0.25, -0.2) is 4.98 Å². The minimum absolute atomic E-state index is 0.0461. The molecule has 168 valence electrons. The van der Waals surface area contributed by atoms with Crippen molar-refractivity contribution < 1.29 is 32.5 Å². The molecule has 0 spiro atoms. The topological polar surface area (TPSA) is 68.7 Å². The van der Waals surface area contributed by atoms with Gasteiger partial charge >= 0.3 is 6.18 Å². The molecule has 1 aromatic carbocycles. The Bertz CT molecular complexity index is 1150. The van der Waals surface area contributed by atoms with Gasteiger partial charge in [0.1, 0.15) is 16.5 Å². The normalized spacial score (nSPS) is 26.7. The Kier molecular flexibility index (Phi) is 4.98. The lowest BCUT2D eigenvalue weighted by atomic mass is 9.80. The number of nitrogens with zero attached hydrogens (tertiary/aromatic N) is 1. The zero-order valence-corrected chi connectivity index (χ0v) is 17.7. The van der Waals surface area contributed by atoms with Crippen molar-refractivity contribution in [3.63, 3.8) is 0 Å². The maximum Gasteiger partial charge on any atom is 0.417 e. The van der Waals surface area contributed by atoms with Crippen molar-refractivity contribution in [2.45, 2.75) is 44.6 Å². The summed E-state index contributed by atoms with van der Waals surface area (Å²) in [5.74, 6) is -0.729. The van der Waals surface area contributed by atoms with Crippen molar-refractivity contribution >= 4 is 23.0 Å². The van der Waals surface area contributed by atoms with Gasteiger partial charge < -0.3 is 14.6 Å². The molecule has 2 aliphatic heterocycles. The van der Waals surface area contributed by atoms with E-state index < -0.39 is 11.7 Å². The number of aliphatic hydroxyl groups excluding tert-OH is 1. The number of Topliss-reactive ketones (excluding diaryl/α,β-unsaturated/α-hetero) is 1. The molecule has 0 saturated carbocycles. The summed E-state index contributed by atoms with van der Waals surface area (Å²) in [5.41, 5.74) is 0.678. The van der Waals surface area contributed by atoms with Crippen LogP contribution in [0.1, 0.15) is 36.5 Å². The zero-order chi connectivity index (χ0) is 22.8. The number of ether oxygens (including phenoxy) is 2. The molecule has 1 N–H and O–H groups in total. The Hall–Kier alpha value is -2.58. The summed E-state index contributed by atoms with van der Waals surface area (Å²) in [4.78, 5) is 16.9. The molecule has 0 radical (unpaired) electrons. The smallest absolute Gasteiger partial charge is 0.417 e. The lowest BCUT2D eigenvalue weighted by molar-refractivity contribution is -0.137. The van der Waals surface area contributed by atoms with E-state index in [1.54, 1.807) is 18.2 Å². The summed E-state index contributed by atoms with van der Waals surface area (Å²) in [6.07, 6.45) is -2.01. The first-order valence-corrected chi connectivity index (χ1v) is 10.7. The number of hydrogen-bond acceptors (Lipinski definition) is 5. The third-order valence-corrected chi connectivity index (χ3v) is 6.75. The molecule has 2 fully saturated rings. The van der Waals surface area contributed by atoms with Crippen LogP contribution in [0.5, 0.6) is 11.6 Å². The highest BCUT2D eigenvalue weighted by Crippen LogP contribution is 2.54. The maximum atomic E-state index is 13.2. The Morgan fingerprint density at radius 3 is 2.56 bits per heavy atom. The van der Waals surface area contributed by atoms with Crippen LogP contribution >= 0.6 is 11.6 Å². The van der Waals surface area contributed by atoms with Gasteiger partial charge in [-0.15, -0.1) is 0 Å². The summed E-state index contributed by atoms with van der Waals surface area (Å²) in [6.45, 7) is 1.93. The first-order valence-electron chi connectivity index (χ1n) is 10.4. The van der Waals surface area contributed by atoms with E-state index in [1.807, 2.05) is 6.92 Å². The van der Waals surface area contributed by atoms with Gasteiger partial charge in [-0.05, 0) is 48.6 Å². The number of carbonyl (C=O) groups is 1. The van der Waals surface area contributed by atoms with E-state index in [2.05, 4.69) is 4.98 Å². The standard InChI is InChI=1S/C23H19ClF3NO4/c1-2-10-3-4-12(31-22-14(24)7-11(9-28-22)23(25,26)27)8-13(10)17-20(29)18-15-5-6-16(32-15)19(18)21(17)30/h3-4,7-9,15-16,18-19,29H,2,5-6H2,1H3/t15-,16+,18-,19+/m0/s1. The molecule has 9 heteroatoms. The van der Waals surface area contributed by atoms with Crippen LogP contribution < -0.4 is 4.74 Å². The largest absolute Gasteiger partial charge is 0.511 e. The van der Waals surface area contributed by atoms with Gasteiger partial charge in [-0.1, -0.05) is 24.6 Å². The Labute approximate surface area is 186 Å². The molecular weight excluding hydrogens is 447 g/mol. The quantitative estimate of drug-likeness (QED) is 0.622. The van der Waals surface area contributed by atoms with Gasteiger partial charge in [0, 0.05) is 6.20 Å². The summed E-state index contributed by atoms with van der Waals surface area (Å²) in [6, 6.07) is 5.73. The van der Waals surface area contributed by atoms with E-state index >= 15 is 0 Å². The number of benzene rings is 1. The lowest BCUT2D eigenvalue weighted by Crippen LogP contribution is -2.29. The molecule has 1 aromatic heterocycles. The molecule has 3 heterocycles. The number of rotatable bonds is 4. The molecule has 2 bridgehead atoms. The van der Waals surface area contributed by atoms with Gasteiger partial charge in [0.25, 0.3) is 0 Å². The molecule has 5 nitrogen and oxygen atoms in total. The average molecular weight is 466 g/mol. The number of halogens is 4. The van der Waals surface area contributed by atoms with E-state index in [-0.39, 0.29) is 57.8 Å². The number of allylic oxidation sites excluding steroid dienone is 1. The zero-order valence-electron chi connectivity index (χ0n) is 16.9. The van der Waals surface area contributed by atoms with Crippen molar-refractivity contribution in [3.05, 3.63) is 57.9 Å². The molecule has 0 amide bonds. The van der Waals surface area contributed by atoms with Crippen LogP contribution in [-0.2, 0) is 22.1 Å². The number of aromatic nitrogens is 1. The number of aryl methyl sites for hydroxylation is 1. The monoisotopic (exact) mass is 465 g/mol. The van der Waals surface area contributed by atoms with E-state index in [0.717, 1.165) is 24.5 Å². The van der Waals surface area contributed by atoms with E-state index in [0.29, 0.717) is 18.2 Å². The van der Waals surface area contributed by atoms with Gasteiger partial charge in [0.15, 0.2) is 5.78 Å². The number of ketones is 1. The number of fused-ring (bicyclic) bond motifs is 5. The highest BCUT2D eigenvalue weighted by atomic mass is 35.5. The molecule has 32 heavy (non-hydrogen) atoms. The van der Waals surface area contributed by atoms with Gasteiger partial charge in [-0.3, -0.25) is 4.79 Å². The SMILES string of the molecule is CCc1ccc(Oc2ncc(C(F)(F)F)cc2Cl)cc1C1=C(O)[C@@H]2[C@H](C1=O)[C@H]1CC[C@@H]2O1. The van der Waals surface area contributed by atoms with E-state index in [4.69, 9.17) is 21.1 Å². The van der Waals surface area contributed by atoms with Crippen LogP contribution in [0, 0.1) is 11.8 Å². The second kappa shape index (κ2) is 7.49. The second-order valence-corrected chi connectivity index (χ2v) is 8.66. The fourth-order valence-corrected chi connectivity index (χ4v) is 5.22. The summed E-state index contributed by atoms with van der Waals surface area (Å²) in [5, 5.41) is 10.7. The van der Waals surface area contributed by atoms with Crippen LogP contribution in [0.15, 0.2) is 36.2 Å². The van der Waals surface area contributed by atoms with E-state index in [1.165, 1.54) is 0 Å². The second-order valence-electron chi connectivity index (χ2n) is 8.25. The molecule has 4 atom stereocenters. The predicted octanol–water partition coefficient (Wildman–Crippen LogP) is 5.75. The highest BCUT2D eigenvalue weighted by Gasteiger charge is 2.59. The Balaban J connectivity index is 1.50. The fourth-order valence-electron chi connectivity index (χ4n) is 5.02. The van der Waals surface area contributed by atoms with E-state index in [9.17, 15) is 23.1 Å². The number of pyridine rings is 1. The number of carbonyl (C=O) groups excluding carboxylic acids is 1. The van der Waals surface area contributed by atoms with Crippen molar-refractivity contribution in [1.82, 2.24) is 4.98 Å². The fraction of sp³-hybridized carbons (Fsp3) is 0.391. The number of alkyl halides is 3. The molecule has 3 aliphatic rings. The summed E-state index contributed by atoms with van der Waals surface area (Å²) >= 11 is 5.96. The van der Waals surface area contributed by atoms with Crippen LogP contribution in [0.3, 0.4) is 0 Å². The molecule has 2 aromatic rings. The highest BCUT2D eigenvalue weighted by molar-refractivity contribution is 6.31. The Morgan fingerprint density at radius 1 is 1.22 bits per heavy atom. The molecule has 0 unspecified atom stereocenters. The molecule has 1 aliphatic carbocycles. The molecule has 2 saturated heterocycles. The lowest BCUT2D eigenvalue weighted by Gasteiger charge is -2.19. The molecular formula is C23H19ClF3NO4. The Morgan fingerprint density at radius 2 is 1.94 bits per heavy atom. The van der Waals surface area contributed by atoms with Crippen molar-refractivity contribution in [3.8, 4) is 11.6 Å². The number of hydrogen-bond donors (Lipinski definition) is 1. The van der Waals surface area contributed by atoms with Gasteiger partial charge in [0.2, 0.25) is 5.88 Å². The summed E-state index contributed by atoms with van der Waals surface area (Å²) in [7, 11) is 0. The van der Waals surface area contributed by atoms with Crippen LogP contribution in [-0.4, -0.2) is 28.1 Å². The van der Waals surface area contributed by atoms with Crippen molar-refractivity contribution in [2.75, 3.05) is 0 Å². The van der Waals surface area contributed by atoms with Gasteiger partial charge in [-0.2, -0.15) is 13.2 Å². The maximum absolute atomic E-state index is 13.2. The van der Waals surface area contributed by atoms with Crippen LogP contribution in [0.4, 0.5) is 13.2 Å². The minimum atomic E-state index is -4.57. The third-order valence-electron chi connectivity index (χ3n) is 6.48. The minimum Gasteiger partial charge on any atom is -0.511 e. The van der Waals surface area contributed by atoms with Crippen LogP contribution in [0.25, 0.3) is 5.57 Å².